The van der Waals surface area contributed by atoms with E-state index >= 15 is 0 Å². The number of fused-ring (bicyclic) bond motifs is 1. The lowest BCUT2D eigenvalue weighted by molar-refractivity contribution is -0.159. The third-order valence-electron chi connectivity index (χ3n) is 8.36. The van der Waals surface area contributed by atoms with Gasteiger partial charge >= 0.3 is 11.9 Å². The summed E-state index contributed by atoms with van der Waals surface area (Å²) in [5.41, 5.74) is 1.80. The number of carboxylic acids is 2. The predicted molar refractivity (Wildman–Crippen MR) is 187 cm³/mol. The number of hydrogen-bond acceptors (Lipinski definition) is 8. The smallest absolute Gasteiger partial charge is 0.414 e. The summed E-state index contributed by atoms with van der Waals surface area (Å²) in [5, 5.41) is 15.1. The third kappa shape index (κ3) is 10.5. The number of halogens is 1. The van der Waals surface area contributed by atoms with Crippen LogP contribution < -0.4 is 19.1 Å². The number of carboxylic acid groups (broad SMARTS) is 2. The lowest BCUT2D eigenvalue weighted by atomic mass is 9.94. The molecule has 1 atom stereocenters. The number of ether oxygens (including phenoxy) is 3. The minimum absolute atomic E-state index is 0.0424. The second kappa shape index (κ2) is 18.6. The van der Waals surface area contributed by atoms with Gasteiger partial charge in [-0.3, -0.25) is 9.69 Å². The zero-order valence-electron chi connectivity index (χ0n) is 27.3. The van der Waals surface area contributed by atoms with Crippen LogP contribution in [0.1, 0.15) is 55.8 Å². The number of hydrogen-bond donors (Lipinski definition) is 2. The fraction of sp³-hybridized carbons (Fsp3) is 0.417. The number of anilines is 1. The van der Waals surface area contributed by atoms with Crippen molar-refractivity contribution in [1.82, 2.24) is 4.90 Å². The number of benzene rings is 3. The maximum absolute atomic E-state index is 13.4. The number of nitrogens with zero attached hydrogens (tertiary/aromatic N) is 2. The minimum atomic E-state index is -1.82. The van der Waals surface area contributed by atoms with Crippen LogP contribution in [0.15, 0.2) is 71.6 Å². The molecule has 2 N–H and O–H groups in total. The SMILES string of the molecule is COc1ccc(OCCCCN(CCOc2ccc(Cl)cc2)C2CCCCC2)c(C2Sc3ccccc3N(C)C2=O)c1.O=C(O)C(=O)O. The van der Waals surface area contributed by atoms with Crippen molar-refractivity contribution in [2.24, 2.45) is 0 Å². The van der Waals surface area contributed by atoms with E-state index < -0.39 is 17.2 Å². The summed E-state index contributed by atoms with van der Waals surface area (Å²) in [4.78, 5) is 37.1. The second-order valence-electron chi connectivity index (χ2n) is 11.6. The van der Waals surface area contributed by atoms with Crippen LogP contribution in [0.25, 0.3) is 0 Å². The third-order valence-corrected chi connectivity index (χ3v) is 9.90. The molecular formula is C36H43ClN2O8S. The molecule has 0 aromatic heterocycles. The van der Waals surface area contributed by atoms with Crippen LogP contribution in [0.3, 0.4) is 0 Å². The van der Waals surface area contributed by atoms with Crippen LogP contribution >= 0.6 is 23.4 Å². The van der Waals surface area contributed by atoms with Gasteiger partial charge in [0.05, 0.1) is 19.4 Å². The number of thioether (sulfide) groups is 1. The monoisotopic (exact) mass is 698 g/mol. The molecule has 1 aliphatic carbocycles. The van der Waals surface area contributed by atoms with Crippen molar-refractivity contribution in [3.63, 3.8) is 0 Å². The Morgan fingerprint density at radius 2 is 1.58 bits per heavy atom. The van der Waals surface area contributed by atoms with Gasteiger partial charge in [-0.1, -0.05) is 43.0 Å². The van der Waals surface area contributed by atoms with E-state index in [1.165, 1.54) is 32.1 Å². The van der Waals surface area contributed by atoms with E-state index in [-0.39, 0.29) is 5.91 Å². The Kier molecular flexibility index (Phi) is 14.3. The Morgan fingerprint density at radius 1 is 0.896 bits per heavy atom. The highest BCUT2D eigenvalue weighted by atomic mass is 35.5. The van der Waals surface area contributed by atoms with Gasteiger partial charge in [0.25, 0.3) is 0 Å². The number of amides is 1. The fourth-order valence-corrected chi connectivity index (χ4v) is 7.26. The quantitative estimate of drug-likeness (QED) is 0.140. The fourth-order valence-electron chi connectivity index (χ4n) is 5.83. The lowest BCUT2D eigenvalue weighted by Crippen LogP contribution is -2.40. The molecule has 1 aliphatic heterocycles. The van der Waals surface area contributed by atoms with Crippen molar-refractivity contribution in [2.45, 2.75) is 61.1 Å². The number of carbonyl (C=O) groups excluding carboxylic acids is 1. The molecule has 2 aliphatic rings. The van der Waals surface area contributed by atoms with E-state index in [0.29, 0.717) is 19.3 Å². The topological polar surface area (TPSA) is 126 Å². The predicted octanol–water partition coefficient (Wildman–Crippen LogP) is 7.19. The van der Waals surface area contributed by atoms with E-state index in [4.69, 9.17) is 45.6 Å². The van der Waals surface area contributed by atoms with Gasteiger partial charge in [0, 0.05) is 35.1 Å². The Bertz CT molecular complexity index is 1500. The Morgan fingerprint density at radius 3 is 2.27 bits per heavy atom. The molecule has 5 rings (SSSR count). The maximum Gasteiger partial charge on any atom is 0.414 e. The molecule has 1 heterocycles. The number of unbranched alkanes of at least 4 members (excludes halogenated alkanes) is 1. The maximum atomic E-state index is 13.4. The first-order chi connectivity index (χ1) is 23.2. The molecule has 0 bridgehead atoms. The summed E-state index contributed by atoms with van der Waals surface area (Å²) in [6.45, 7) is 3.18. The van der Waals surface area contributed by atoms with Crippen LogP contribution in [0.5, 0.6) is 17.2 Å². The van der Waals surface area contributed by atoms with Crippen LogP contribution in [-0.4, -0.2) is 79.5 Å². The largest absolute Gasteiger partial charge is 0.497 e. The van der Waals surface area contributed by atoms with Crippen molar-refractivity contribution in [3.05, 3.63) is 77.3 Å². The number of likely N-dealkylation sites (N-methyl/N-ethyl adjacent to an activating group) is 1. The summed E-state index contributed by atoms with van der Waals surface area (Å²) in [7, 11) is 3.49. The number of carbonyl (C=O) groups is 3. The van der Waals surface area contributed by atoms with Gasteiger partial charge < -0.3 is 29.3 Å². The van der Waals surface area contributed by atoms with Gasteiger partial charge in [-0.15, -0.1) is 11.8 Å². The molecule has 48 heavy (non-hydrogen) atoms. The molecule has 1 amide bonds. The van der Waals surface area contributed by atoms with Crippen LogP contribution in [0.2, 0.25) is 5.02 Å². The normalized spacial score (nSPS) is 16.0. The van der Waals surface area contributed by atoms with E-state index in [1.54, 1.807) is 23.8 Å². The summed E-state index contributed by atoms with van der Waals surface area (Å²) in [6.07, 6.45) is 8.44. The van der Waals surface area contributed by atoms with E-state index in [9.17, 15) is 4.79 Å². The molecular weight excluding hydrogens is 656 g/mol. The van der Waals surface area contributed by atoms with Crippen molar-refractivity contribution < 1.29 is 38.8 Å². The first kappa shape index (κ1) is 36.9. The average molecular weight is 699 g/mol. The Balaban J connectivity index is 0.000000794. The van der Waals surface area contributed by atoms with Gasteiger partial charge in [0.2, 0.25) is 5.91 Å². The van der Waals surface area contributed by atoms with Gasteiger partial charge in [-0.05, 0) is 86.8 Å². The molecule has 12 heteroatoms. The van der Waals surface area contributed by atoms with Gasteiger partial charge in [0.1, 0.15) is 29.1 Å². The Hall–Kier alpha value is -3.93. The highest BCUT2D eigenvalue weighted by Crippen LogP contribution is 2.48. The van der Waals surface area contributed by atoms with Gasteiger partial charge in [0.15, 0.2) is 0 Å². The van der Waals surface area contributed by atoms with Crippen LogP contribution in [0, 0.1) is 0 Å². The van der Waals surface area contributed by atoms with Crippen molar-refractivity contribution in [2.75, 3.05) is 45.4 Å². The molecule has 1 saturated carbocycles. The number of rotatable bonds is 13. The van der Waals surface area contributed by atoms with Crippen molar-refractivity contribution in [1.29, 1.82) is 0 Å². The van der Waals surface area contributed by atoms with E-state index in [0.717, 1.165) is 64.3 Å². The number of para-hydroxylation sites is 1. The summed E-state index contributed by atoms with van der Waals surface area (Å²) in [5.74, 6) is -1.28. The standard InChI is InChI=1S/C34H41ClN2O4S.C2H2O4/c1-36-30-12-6-7-13-32(30)42-33(34(36)38)29-24-28(39-2)18-19-31(29)41-22-9-8-20-37(26-10-4-3-5-11-26)21-23-40-27-16-14-25(35)15-17-27;3-1(4)2(5)6/h6-7,12-19,24,26,33H,3-5,8-11,20-23H2,1-2H3;(H,3,4)(H,5,6). The highest BCUT2D eigenvalue weighted by Gasteiger charge is 2.34. The van der Waals surface area contributed by atoms with Crippen molar-refractivity contribution in [3.8, 4) is 17.2 Å². The van der Waals surface area contributed by atoms with Gasteiger partial charge in [-0.25, -0.2) is 9.59 Å². The lowest BCUT2D eigenvalue weighted by Gasteiger charge is -2.34. The summed E-state index contributed by atoms with van der Waals surface area (Å²) >= 11 is 7.59. The minimum Gasteiger partial charge on any atom is -0.497 e. The van der Waals surface area contributed by atoms with E-state index in [1.807, 2.05) is 67.7 Å². The zero-order chi connectivity index (χ0) is 34.5. The molecule has 0 saturated heterocycles. The molecule has 1 unspecified atom stereocenters. The van der Waals surface area contributed by atoms with Crippen LogP contribution in [0.4, 0.5) is 5.69 Å². The Labute approximate surface area is 290 Å². The summed E-state index contributed by atoms with van der Waals surface area (Å²) in [6, 6.07) is 22.0. The zero-order valence-corrected chi connectivity index (χ0v) is 28.9. The molecule has 1 fully saturated rings. The van der Waals surface area contributed by atoms with Crippen LogP contribution in [-0.2, 0) is 14.4 Å². The molecule has 3 aromatic carbocycles. The molecule has 0 radical (unpaired) electrons. The second-order valence-corrected chi connectivity index (χ2v) is 13.1. The highest BCUT2D eigenvalue weighted by molar-refractivity contribution is 8.00. The first-order valence-corrected chi connectivity index (χ1v) is 17.4. The van der Waals surface area contributed by atoms with E-state index in [2.05, 4.69) is 11.0 Å². The average Bonchev–Trinajstić information content (AvgIpc) is 3.10. The molecule has 258 valence electrons. The first-order valence-electron chi connectivity index (χ1n) is 16.1. The van der Waals surface area contributed by atoms with Gasteiger partial charge in [-0.2, -0.15) is 0 Å². The number of methoxy groups -OCH3 is 1. The van der Waals surface area contributed by atoms with Crippen molar-refractivity contribution >= 4 is 46.9 Å². The summed E-state index contributed by atoms with van der Waals surface area (Å²) < 4.78 is 17.9. The number of aliphatic carboxylic acids is 2. The molecule has 3 aromatic rings. The molecule has 10 nitrogen and oxygen atoms in total. The molecule has 0 spiro atoms.